The second kappa shape index (κ2) is 12.0. The second-order valence-electron chi connectivity index (χ2n) is 11.3. The van der Waals surface area contributed by atoms with Gasteiger partial charge in [-0.1, -0.05) is 49.4 Å². The maximum atomic E-state index is 14.5. The summed E-state index contributed by atoms with van der Waals surface area (Å²) in [7, 11) is 0. The molecule has 0 spiro atoms. The number of amides is 2. The molecule has 5 N–H and O–H groups in total. The van der Waals surface area contributed by atoms with Crippen molar-refractivity contribution in [1.29, 1.82) is 0 Å². The molecule has 0 unspecified atom stereocenters. The summed E-state index contributed by atoms with van der Waals surface area (Å²) in [5, 5.41) is 19.9. The van der Waals surface area contributed by atoms with Gasteiger partial charge in [0.2, 0.25) is 11.8 Å². The molecule has 1 aliphatic rings. The van der Waals surface area contributed by atoms with Crippen molar-refractivity contribution in [2.45, 2.75) is 51.1 Å². The van der Waals surface area contributed by atoms with Crippen LogP contribution in [0.4, 0.5) is 16.0 Å². The zero-order valence-corrected chi connectivity index (χ0v) is 25.1. The summed E-state index contributed by atoms with van der Waals surface area (Å²) in [6, 6.07) is 16.3. The molecule has 0 bridgehead atoms. The normalized spacial score (nSPS) is 16.2. The van der Waals surface area contributed by atoms with Crippen LogP contribution in [0.1, 0.15) is 48.9 Å². The number of benzene rings is 2. The largest absolute Gasteiger partial charge is 0.480 e. The van der Waals surface area contributed by atoms with E-state index >= 15 is 0 Å². The molecular weight excluding hydrogens is 591 g/mol. The van der Waals surface area contributed by atoms with Crippen LogP contribution < -0.4 is 16.4 Å². The Morgan fingerprint density at radius 1 is 1.11 bits per heavy atom. The van der Waals surface area contributed by atoms with E-state index in [-0.39, 0.29) is 48.1 Å². The fourth-order valence-corrected chi connectivity index (χ4v) is 5.73. The summed E-state index contributed by atoms with van der Waals surface area (Å²) < 4.78 is 16.0. The van der Waals surface area contributed by atoms with E-state index in [0.29, 0.717) is 46.3 Å². The molecule has 2 aromatic carbocycles. The van der Waals surface area contributed by atoms with Gasteiger partial charge in [-0.05, 0) is 49.1 Å². The number of pyridine rings is 1. The summed E-state index contributed by atoms with van der Waals surface area (Å²) >= 11 is 0. The maximum absolute atomic E-state index is 14.5. The molecule has 0 aliphatic carbocycles. The van der Waals surface area contributed by atoms with Gasteiger partial charge in [-0.2, -0.15) is 5.10 Å². The molecule has 0 fully saturated rings. The lowest BCUT2D eigenvalue weighted by atomic mass is 9.77. The number of hydrogen-bond donors (Lipinski definition) is 4. The number of anilines is 2. The highest BCUT2D eigenvalue weighted by molar-refractivity contribution is 6.09. The van der Waals surface area contributed by atoms with Crippen molar-refractivity contribution in [1.82, 2.24) is 30.0 Å². The van der Waals surface area contributed by atoms with Crippen LogP contribution in [0.5, 0.6) is 0 Å². The number of hydrogen-bond acceptors (Lipinski definition) is 8. The number of carboxylic acid groups (broad SMARTS) is 1. The van der Waals surface area contributed by atoms with E-state index in [4.69, 9.17) is 10.8 Å². The summed E-state index contributed by atoms with van der Waals surface area (Å²) in [5.74, 6) is -1.55. The zero-order valence-electron chi connectivity index (χ0n) is 25.1. The van der Waals surface area contributed by atoms with Crippen molar-refractivity contribution < 1.29 is 23.9 Å². The van der Waals surface area contributed by atoms with Crippen LogP contribution >= 0.6 is 0 Å². The summed E-state index contributed by atoms with van der Waals surface area (Å²) in [6.45, 7) is 3.57. The Balaban J connectivity index is 1.28. The zero-order chi connectivity index (χ0) is 32.6. The SMILES string of the molecule is CC[C@H](NC(=O)CCc1ccc([C@]2(C)C(=O)Nc3nc(-c4nn(Cc5ccccc5F)c5ncccc45)nc(N)c32)cc1)C(=O)O. The Kier molecular flexibility index (Phi) is 7.90. The Hall–Kier alpha value is -5.72. The number of nitrogens with one attached hydrogen (secondary N) is 2. The quantitative estimate of drug-likeness (QED) is 0.180. The lowest BCUT2D eigenvalue weighted by molar-refractivity contribution is -0.141. The minimum absolute atomic E-state index is 0.103. The molecule has 0 radical (unpaired) electrons. The topological polar surface area (TPSA) is 178 Å². The Labute approximate surface area is 262 Å². The number of carbonyl (C=O) groups excluding carboxylic acids is 2. The van der Waals surface area contributed by atoms with E-state index in [1.54, 1.807) is 61.1 Å². The summed E-state index contributed by atoms with van der Waals surface area (Å²) in [5.41, 5.74) is 8.61. The molecule has 2 amide bonds. The van der Waals surface area contributed by atoms with Crippen molar-refractivity contribution in [3.8, 4) is 11.5 Å². The number of fused-ring (bicyclic) bond motifs is 2. The standard InChI is InChI=1S/C33H31FN8O4/c1-3-23(31(44)45)37-24(43)15-12-18-10-13-20(14-11-18)33(2)25-27(35)38-29(39-28(25)40-32(33)46)26-21-8-6-16-36-30(21)42(41-26)17-19-7-4-5-9-22(19)34/h4-11,13-14,16,23H,3,12,15,17H2,1-2H3,(H,37,43)(H,44,45)(H3,35,38,39,40,46)/t23-,33-/m0/s1. The first-order chi connectivity index (χ1) is 22.1. The number of nitrogens with two attached hydrogens (primary N) is 1. The van der Waals surface area contributed by atoms with Crippen molar-refractivity contribution in [3.63, 3.8) is 0 Å². The molecule has 12 nitrogen and oxygen atoms in total. The first-order valence-corrected chi connectivity index (χ1v) is 14.8. The first-order valence-electron chi connectivity index (χ1n) is 14.8. The van der Waals surface area contributed by atoms with Gasteiger partial charge < -0.3 is 21.5 Å². The first kappa shape index (κ1) is 30.3. The molecule has 0 saturated carbocycles. The van der Waals surface area contributed by atoms with Gasteiger partial charge in [-0.25, -0.2) is 28.8 Å². The third-order valence-corrected chi connectivity index (χ3v) is 8.33. The van der Waals surface area contributed by atoms with Crippen LogP contribution in [0.25, 0.3) is 22.6 Å². The van der Waals surface area contributed by atoms with Gasteiger partial charge in [-0.15, -0.1) is 0 Å². The highest BCUT2D eigenvalue weighted by Gasteiger charge is 2.47. The number of nitrogens with zero attached hydrogens (tertiary/aromatic N) is 5. The lowest BCUT2D eigenvalue weighted by Gasteiger charge is -2.23. The van der Waals surface area contributed by atoms with Crippen LogP contribution in [-0.2, 0) is 32.8 Å². The molecule has 46 heavy (non-hydrogen) atoms. The summed E-state index contributed by atoms with van der Waals surface area (Å²) in [6.07, 6.45) is 2.42. The molecule has 6 rings (SSSR count). The fourth-order valence-electron chi connectivity index (χ4n) is 5.73. The predicted octanol–water partition coefficient (Wildman–Crippen LogP) is 3.83. The lowest BCUT2D eigenvalue weighted by Crippen LogP contribution is -2.40. The Morgan fingerprint density at radius 2 is 1.87 bits per heavy atom. The van der Waals surface area contributed by atoms with E-state index in [9.17, 15) is 18.8 Å². The molecular formula is C33H31FN8O4. The third kappa shape index (κ3) is 5.40. The molecule has 1 aliphatic heterocycles. The van der Waals surface area contributed by atoms with Gasteiger partial charge in [0.25, 0.3) is 0 Å². The molecule has 5 aromatic rings. The van der Waals surface area contributed by atoms with Crippen molar-refractivity contribution in [2.24, 2.45) is 0 Å². The molecule has 13 heteroatoms. The van der Waals surface area contributed by atoms with Crippen molar-refractivity contribution >= 4 is 40.5 Å². The van der Waals surface area contributed by atoms with Gasteiger partial charge in [0.05, 0.1) is 17.5 Å². The number of rotatable bonds is 10. The predicted molar refractivity (Wildman–Crippen MR) is 168 cm³/mol. The van der Waals surface area contributed by atoms with Crippen molar-refractivity contribution in [3.05, 3.63) is 94.9 Å². The molecule has 2 atom stereocenters. The summed E-state index contributed by atoms with van der Waals surface area (Å²) in [4.78, 5) is 50.6. The van der Waals surface area contributed by atoms with Crippen LogP contribution in [0.15, 0.2) is 66.9 Å². The molecule has 234 valence electrons. The minimum atomic E-state index is -1.20. The smallest absolute Gasteiger partial charge is 0.326 e. The van der Waals surface area contributed by atoms with Crippen LogP contribution in [0, 0.1) is 5.82 Å². The number of carboxylic acids is 1. The molecule has 0 saturated heterocycles. The van der Waals surface area contributed by atoms with E-state index in [1.807, 2.05) is 18.2 Å². The average Bonchev–Trinajstić information content (AvgIpc) is 3.54. The van der Waals surface area contributed by atoms with Gasteiger partial charge in [0.15, 0.2) is 11.5 Å². The van der Waals surface area contributed by atoms with E-state index in [2.05, 4.69) is 30.7 Å². The second-order valence-corrected chi connectivity index (χ2v) is 11.3. The average molecular weight is 623 g/mol. The monoisotopic (exact) mass is 622 g/mol. The Bertz CT molecular complexity index is 1990. The molecule has 4 heterocycles. The van der Waals surface area contributed by atoms with Gasteiger partial charge >= 0.3 is 5.97 Å². The van der Waals surface area contributed by atoms with E-state index in [1.165, 1.54) is 6.07 Å². The minimum Gasteiger partial charge on any atom is -0.480 e. The number of halogens is 1. The highest BCUT2D eigenvalue weighted by atomic mass is 19.1. The fraction of sp³-hybridized carbons (Fsp3) is 0.242. The van der Waals surface area contributed by atoms with Gasteiger partial charge in [-0.3, -0.25) is 9.59 Å². The number of aromatic nitrogens is 5. The number of aliphatic carboxylic acids is 1. The number of carbonyl (C=O) groups is 3. The molecule has 3 aromatic heterocycles. The van der Waals surface area contributed by atoms with E-state index < -0.39 is 17.4 Å². The van der Waals surface area contributed by atoms with Crippen LogP contribution in [0.3, 0.4) is 0 Å². The highest BCUT2D eigenvalue weighted by Crippen LogP contribution is 2.45. The maximum Gasteiger partial charge on any atom is 0.326 e. The van der Waals surface area contributed by atoms with Crippen LogP contribution in [-0.4, -0.2) is 53.7 Å². The Morgan fingerprint density at radius 3 is 2.59 bits per heavy atom. The third-order valence-electron chi connectivity index (χ3n) is 8.33. The van der Waals surface area contributed by atoms with Gasteiger partial charge in [0.1, 0.15) is 34.6 Å². The van der Waals surface area contributed by atoms with Crippen molar-refractivity contribution in [2.75, 3.05) is 11.1 Å². The van der Waals surface area contributed by atoms with Crippen LogP contribution in [0.2, 0.25) is 0 Å². The van der Waals surface area contributed by atoms with Gasteiger partial charge in [0, 0.05) is 18.2 Å². The van der Waals surface area contributed by atoms with E-state index in [0.717, 1.165) is 5.56 Å². The number of nitrogen functional groups attached to an aromatic ring is 1. The number of aryl methyl sites for hydroxylation is 1.